The van der Waals surface area contributed by atoms with E-state index in [0.717, 1.165) is 22.7 Å². The molecule has 0 aliphatic carbocycles. The summed E-state index contributed by atoms with van der Waals surface area (Å²) < 4.78 is 5.22. The van der Waals surface area contributed by atoms with Crippen LogP contribution in [0.5, 0.6) is 5.75 Å². The normalized spacial score (nSPS) is 10.3. The molecular formula is C20H20N4O2. The van der Waals surface area contributed by atoms with Crippen LogP contribution in [0.4, 0.5) is 17.2 Å². The van der Waals surface area contributed by atoms with Gasteiger partial charge in [0.2, 0.25) is 0 Å². The maximum absolute atomic E-state index is 12.5. The van der Waals surface area contributed by atoms with Crippen LogP contribution in [0.1, 0.15) is 21.9 Å². The van der Waals surface area contributed by atoms with Crippen LogP contribution in [0.25, 0.3) is 0 Å². The zero-order chi connectivity index (χ0) is 18.5. The third kappa shape index (κ3) is 4.36. The third-order valence-corrected chi connectivity index (χ3v) is 3.72. The van der Waals surface area contributed by atoms with Gasteiger partial charge in [-0.1, -0.05) is 23.8 Å². The predicted octanol–water partition coefficient (Wildman–Crippen LogP) is 4.10. The molecule has 6 nitrogen and oxygen atoms in total. The van der Waals surface area contributed by atoms with Crippen molar-refractivity contribution in [3.8, 4) is 5.75 Å². The number of ether oxygens (including phenoxy) is 1. The molecule has 0 atom stereocenters. The number of anilines is 3. The fraction of sp³-hybridized carbons (Fsp3) is 0.150. The van der Waals surface area contributed by atoms with Crippen LogP contribution in [0.15, 0.2) is 54.6 Å². The van der Waals surface area contributed by atoms with Crippen LogP contribution in [0, 0.1) is 13.8 Å². The van der Waals surface area contributed by atoms with Gasteiger partial charge in [0, 0.05) is 23.5 Å². The Labute approximate surface area is 152 Å². The molecular weight excluding hydrogens is 328 g/mol. The Balaban J connectivity index is 1.80. The van der Waals surface area contributed by atoms with Gasteiger partial charge in [-0.2, -0.15) is 0 Å². The first-order valence-corrected chi connectivity index (χ1v) is 8.18. The van der Waals surface area contributed by atoms with Gasteiger partial charge in [-0.15, -0.1) is 0 Å². The molecule has 3 aromatic rings. The lowest BCUT2D eigenvalue weighted by atomic mass is 10.2. The van der Waals surface area contributed by atoms with Crippen LogP contribution in [0.2, 0.25) is 0 Å². The first kappa shape index (κ1) is 17.4. The van der Waals surface area contributed by atoms with E-state index in [1.165, 1.54) is 0 Å². The molecule has 26 heavy (non-hydrogen) atoms. The van der Waals surface area contributed by atoms with Gasteiger partial charge in [-0.25, -0.2) is 9.97 Å². The number of aryl methyl sites for hydroxylation is 2. The van der Waals surface area contributed by atoms with E-state index in [1.807, 2.05) is 55.5 Å². The number of hydrogen-bond donors (Lipinski definition) is 2. The quantitative estimate of drug-likeness (QED) is 0.726. The molecule has 2 N–H and O–H groups in total. The molecule has 1 heterocycles. The van der Waals surface area contributed by atoms with Gasteiger partial charge in [0.15, 0.2) is 0 Å². The number of nitrogens with one attached hydrogen (secondary N) is 2. The van der Waals surface area contributed by atoms with Crippen molar-refractivity contribution in [2.75, 3.05) is 17.7 Å². The van der Waals surface area contributed by atoms with Crippen molar-refractivity contribution in [3.05, 3.63) is 71.7 Å². The van der Waals surface area contributed by atoms with Crippen molar-refractivity contribution in [2.45, 2.75) is 13.8 Å². The number of amides is 1. The monoisotopic (exact) mass is 348 g/mol. The summed E-state index contributed by atoms with van der Waals surface area (Å²) in [7, 11) is 1.61. The van der Waals surface area contributed by atoms with Gasteiger partial charge in [0.25, 0.3) is 5.91 Å². The minimum Gasteiger partial charge on any atom is -0.497 e. The maximum atomic E-state index is 12.5. The van der Waals surface area contributed by atoms with Crippen LogP contribution in [0.3, 0.4) is 0 Å². The lowest BCUT2D eigenvalue weighted by Gasteiger charge is -2.10. The first-order chi connectivity index (χ1) is 12.5. The minimum absolute atomic E-state index is 0.284. The first-order valence-electron chi connectivity index (χ1n) is 8.18. The van der Waals surface area contributed by atoms with Gasteiger partial charge in [0.05, 0.1) is 7.11 Å². The molecule has 1 aromatic heterocycles. The highest BCUT2D eigenvalue weighted by atomic mass is 16.5. The van der Waals surface area contributed by atoms with Crippen LogP contribution >= 0.6 is 0 Å². The van der Waals surface area contributed by atoms with E-state index in [0.29, 0.717) is 17.3 Å². The third-order valence-electron chi connectivity index (χ3n) is 3.72. The summed E-state index contributed by atoms with van der Waals surface area (Å²) in [6.07, 6.45) is 0. The summed E-state index contributed by atoms with van der Waals surface area (Å²) in [6, 6.07) is 16.7. The Bertz CT molecular complexity index is 923. The van der Waals surface area contributed by atoms with Crippen LogP contribution in [-0.2, 0) is 0 Å². The molecule has 0 bridgehead atoms. The zero-order valence-electron chi connectivity index (χ0n) is 14.9. The second-order valence-electron chi connectivity index (χ2n) is 5.86. The van der Waals surface area contributed by atoms with Gasteiger partial charge in [-0.05, 0) is 38.1 Å². The fourth-order valence-electron chi connectivity index (χ4n) is 2.43. The molecule has 3 rings (SSSR count). The smallest absolute Gasteiger partial charge is 0.274 e. The van der Waals surface area contributed by atoms with Crippen molar-refractivity contribution in [3.63, 3.8) is 0 Å². The molecule has 132 valence electrons. The van der Waals surface area contributed by atoms with Crippen molar-refractivity contribution in [2.24, 2.45) is 0 Å². The molecule has 0 aliphatic heterocycles. The van der Waals surface area contributed by atoms with Gasteiger partial charge in [-0.3, -0.25) is 4.79 Å². The SMILES string of the molecule is COc1cccc(Nc2cc(C(=O)Nc3ccc(C)cc3)nc(C)n2)c1. The number of carbonyl (C=O) groups is 1. The number of nitrogens with zero attached hydrogens (tertiary/aromatic N) is 2. The summed E-state index contributed by atoms with van der Waals surface area (Å²) in [4.78, 5) is 21.1. The average molecular weight is 348 g/mol. The fourth-order valence-corrected chi connectivity index (χ4v) is 2.43. The van der Waals surface area contributed by atoms with Crippen molar-refractivity contribution in [1.29, 1.82) is 0 Å². The topological polar surface area (TPSA) is 76.1 Å². The Kier molecular flexibility index (Phi) is 5.12. The Hall–Kier alpha value is -3.41. The van der Waals surface area contributed by atoms with E-state index >= 15 is 0 Å². The molecule has 6 heteroatoms. The number of rotatable bonds is 5. The molecule has 0 unspecified atom stereocenters. The van der Waals surface area contributed by atoms with E-state index in [1.54, 1.807) is 20.1 Å². The molecule has 1 amide bonds. The van der Waals surface area contributed by atoms with Gasteiger partial charge >= 0.3 is 0 Å². The summed E-state index contributed by atoms with van der Waals surface area (Å²) in [5.74, 6) is 1.50. The average Bonchev–Trinajstić information content (AvgIpc) is 2.63. The molecule has 2 aromatic carbocycles. The van der Waals surface area contributed by atoms with Crippen LogP contribution in [-0.4, -0.2) is 23.0 Å². The highest BCUT2D eigenvalue weighted by molar-refractivity contribution is 6.03. The van der Waals surface area contributed by atoms with E-state index in [-0.39, 0.29) is 5.91 Å². The Morgan fingerprint density at radius 1 is 0.962 bits per heavy atom. The summed E-state index contributed by atoms with van der Waals surface area (Å²) >= 11 is 0. The molecule has 0 aliphatic rings. The molecule has 0 radical (unpaired) electrons. The van der Waals surface area contributed by atoms with E-state index in [2.05, 4.69) is 20.6 Å². The van der Waals surface area contributed by atoms with Crippen LogP contribution < -0.4 is 15.4 Å². The number of methoxy groups -OCH3 is 1. The van der Waals surface area contributed by atoms with E-state index in [9.17, 15) is 4.79 Å². The lowest BCUT2D eigenvalue weighted by molar-refractivity contribution is 0.102. The lowest BCUT2D eigenvalue weighted by Crippen LogP contribution is -2.15. The standard InChI is InChI=1S/C20H20N4O2/c1-13-7-9-15(10-8-13)24-20(25)18-12-19(22-14(2)21-18)23-16-5-4-6-17(11-16)26-3/h4-12H,1-3H3,(H,24,25)(H,21,22,23). The summed E-state index contributed by atoms with van der Waals surface area (Å²) in [6.45, 7) is 3.75. The zero-order valence-corrected chi connectivity index (χ0v) is 14.9. The van der Waals surface area contributed by atoms with Crippen molar-refractivity contribution >= 4 is 23.1 Å². The number of benzene rings is 2. The summed E-state index contributed by atoms with van der Waals surface area (Å²) in [5, 5.41) is 6.02. The maximum Gasteiger partial charge on any atom is 0.274 e. The van der Waals surface area contributed by atoms with E-state index < -0.39 is 0 Å². The summed E-state index contributed by atoms with van der Waals surface area (Å²) in [5.41, 5.74) is 2.96. The van der Waals surface area contributed by atoms with Gasteiger partial charge in [0.1, 0.15) is 23.1 Å². The molecule has 0 saturated carbocycles. The largest absolute Gasteiger partial charge is 0.497 e. The molecule has 0 saturated heterocycles. The second kappa shape index (κ2) is 7.65. The Morgan fingerprint density at radius 2 is 1.73 bits per heavy atom. The van der Waals surface area contributed by atoms with Gasteiger partial charge < -0.3 is 15.4 Å². The minimum atomic E-state index is -0.284. The molecule has 0 fully saturated rings. The van der Waals surface area contributed by atoms with Crippen molar-refractivity contribution in [1.82, 2.24) is 9.97 Å². The second-order valence-corrected chi connectivity index (χ2v) is 5.86. The predicted molar refractivity (Wildman–Crippen MR) is 102 cm³/mol. The highest BCUT2D eigenvalue weighted by Crippen LogP contribution is 2.21. The number of aromatic nitrogens is 2. The van der Waals surface area contributed by atoms with Crippen molar-refractivity contribution < 1.29 is 9.53 Å². The Morgan fingerprint density at radius 3 is 2.46 bits per heavy atom. The number of carbonyl (C=O) groups excluding carboxylic acids is 1. The molecule has 0 spiro atoms. The number of hydrogen-bond acceptors (Lipinski definition) is 5. The highest BCUT2D eigenvalue weighted by Gasteiger charge is 2.11. The van der Waals surface area contributed by atoms with E-state index in [4.69, 9.17) is 4.74 Å².